The van der Waals surface area contributed by atoms with Gasteiger partial charge in [0.25, 0.3) is 5.88 Å². The van der Waals surface area contributed by atoms with Gasteiger partial charge in [-0.3, -0.25) is 0 Å². The normalized spacial score (nSPS) is 11.1. The molecule has 0 radical (unpaired) electrons. The number of nitrogens with one attached hydrogen (secondary N) is 1. The Labute approximate surface area is 175 Å². The first-order chi connectivity index (χ1) is 13.9. The molecule has 2 aromatic rings. The van der Waals surface area contributed by atoms with Crippen LogP contribution in [0.15, 0.2) is 18.2 Å². The number of benzene rings is 1. The van der Waals surface area contributed by atoms with Crippen LogP contribution in [0.3, 0.4) is 0 Å². The lowest BCUT2D eigenvalue weighted by Crippen LogP contribution is -2.19. The third-order valence-corrected chi connectivity index (χ3v) is 4.60. The van der Waals surface area contributed by atoms with Crippen LogP contribution < -0.4 is 19.5 Å². The van der Waals surface area contributed by atoms with Crippen molar-refractivity contribution in [1.82, 2.24) is 9.97 Å². The van der Waals surface area contributed by atoms with Crippen LogP contribution in [-0.2, 0) is 0 Å². The smallest absolute Gasteiger partial charge is 0.257 e. The van der Waals surface area contributed by atoms with Gasteiger partial charge in [0.1, 0.15) is 11.5 Å². The highest BCUT2D eigenvalue weighted by atomic mass is 16.5. The maximum atomic E-state index is 6.07. The minimum absolute atomic E-state index is 0.0288. The SMILES string of the molecule is CCCOc1ccc(-c2nc(OC)c(NC(CC)CC)nc2C)c(OC(C)C)c1. The van der Waals surface area contributed by atoms with Crippen molar-refractivity contribution in [2.24, 2.45) is 0 Å². The summed E-state index contributed by atoms with van der Waals surface area (Å²) in [4.78, 5) is 9.54. The molecule has 6 nitrogen and oxygen atoms in total. The Bertz CT molecular complexity index is 789. The zero-order valence-electron chi connectivity index (χ0n) is 18.8. The molecule has 160 valence electrons. The molecule has 0 aliphatic rings. The van der Waals surface area contributed by atoms with E-state index in [4.69, 9.17) is 24.2 Å². The summed E-state index contributed by atoms with van der Waals surface area (Å²) in [5.41, 5.74) is 2.43. The lowest BCUT2D eigenvalue weighted by atomic mass is 10.1. The predicted octanol–water partition coefficient (Wildman–Crippen LogP) is 5.64. The van der Waals surface area contributed by atoms with Crippen molar-refractivity contribution in [3.63, 3.8) is 0 Å². The molecule has 0 aliphatic carbocycles. The topological polar surface area (TPSA) is 65.5 Å². The first-order valence-electron chi connectivity index (χ1n) is 10.6. The van der Waals surface area contributed by atoms with Crippen molar-refractivity contribution < 1.29 is 14.2 Å². The van der Waals surface area contributed by atoms with Crippen molar-refractivity contribution in [3.05, 3.63) is 23.9 Å². The zero-order valence-corrected chi connectivity index (χ0v) is 18.8. The van der Waals surface area contributed by atoms with Gasteiger partial charge in [-0.1, -0.05) is 20.8 Å². The van der Waals surface area contributed by atoms with Crippen LogP contribution in [-0.4, -0.2) is 35.8 Å². The number of methoxy groups -OCH3 is 1. The first kappa shape index (κ1) is 22.8. The summed E-state index contributed by atoms with van der Waals surface area (Å²) in [5, 5.41) is 3.45. The fourth-order valence-electron chi connectivity index (χ4n) is 3.04. The molecule has 6 heteroatoms. The highest BCUT2D eigenvalue weighted by Crippen LogP contribution is 2.36. The Balaban J connectivity index is 2.49. The van der Waals surface area contributed by atoms with Gasteiger partial charge in [0, 0.05) is 17.7 Å². The highest BCUT2D eigenvalue weighted by Gasteiger charge is 2.19. The van der Waals surface area contributed by atoms with Crippen molar-refractivity contribution in [3.8, 4) is 28.6 Å². The summed E-state index contributed by atoms with van der Waals surface area (Å²) in [6.07, 6.45) is 3.00. The average Bonchev–Trinajstić information content (AvgIpc) is 2.70. The van der Waals surface area contributed by atoms with E-state index in [0.29, 0.717) is 24.3 Å². The summed E-state index contributed by atoms with van der Waals surface area (Å²) in [6.45, 7) is 13.0. The number of anilines is 1. The van der Waals surface area contributed by atoms with Crippen LogP contribution in [0, 0.1) is 6.92 Å². The van der Waals surface area contributed by atoms with E-state index >= 15 is 0 Å². The van der Waals surface area contributed by atoms with Crippen molar-refractivity contribution in [2.45, 2.75) is 73.0 Å². The van der Waals surface area contributed by atoms with Crippen LogP contribution in [0.1, 0.15) is 59.6 Å². The molecule has 0 fully saturated rings. The van der Waals surface area contributed by atoms with Gasteiger partial charge in [-0.2, -0.15) is 0 Å². The number of aromatic nitrogens is 2. The molecule has 29 heavy (non-hydrogen) atoms. The van der Waals surface area contributed by atoms with Gasteiger partial charge in [-0.05, 0) is 52.2 Å². The molecule has 0 unspecified atom stereocenters. The number of hydrogen-bond donors (Lipinski definition) is 1. The molecule has 0 spiro atoms. The minimum atomic E-state index is 0.0288. The molecule has 0 aliphatic heterocycles. The van der Waals surface area contributed by atoms with Crippen LogP contribution in [0.5, 0.6) is 17.4 Å². The number of aryl methyl sites for hydroxylation is 1. The predicted molar refractivity (Wildman–Crippen MR) is 118 cm³/mol. The van der Waals surface area contributed by atoms with E-state index < -0.39 is 0 Å². The third kappa shape index (κ3) is 5.99. The fourth-order valence-corrected chi connectivity index (χ4v) is 3.04. The van der Waals surface area contributed by atoms with Gasteiger partial charge >= 0.3 is 0 Å². The molecule has 0 saturated heterocycles. The molecule has 1 heterocycles. The molecular formula is C23H35N3O3. The van der Waals surface area contributed by atoms with Gasteiger partial charge < -0.3 is 19.5 Å². The van der Waals surface area contributed by atoms with Crippen molar-refractivity contribution in [2.75, 3.05) is 19.0 Å². The van der Waals surface area contributed by atoms with Gasteiger partial charge in [-0.25, -0.2) is 9.97 Å². The average molecular weight is 402 g/mol. The molecule has 1 aromatic carbocycles. The summed E-state index contributed by atoms with van der Waals surface area (Å²) in [5.74, 6) is 2.68. The molecule has 0 bridgehead atoms. The monoisotopic (exact) mass is 401 g/mol. The Hall–Kier alpha value is -2.50. The van der Waals surface area contributed by atoms with E-state index in [1.54, 1.807) is 7.11 Å². The maximum absolute atomic E-state index is 6.07. The van der Waals surface area contributed by atoms with Crippen LogP contribution >= 0.6 is 0 Å². The fraction of sp³-hybridized carbons (Fsp3) is 0.565. The lowest BCUT2D eigenvalue weighted by Gasteiger charge is -2.20. The van der Waals surface area contributed by atoms with E-state index in [0.717, 1.165) is 47.7 Å². The lowest BCUT2D eigenvalue weighted by molar-refractivity contribution is 0.241. The van der Waals surface area contributed by atoms with E-state index in [-0.39, 0.29) is 6.10 Å². The summed E-state index contributed by atoms with van der Waals surface area (Å²) < 4.78 is 17.4. The summed E-state index contributed by atoms with van der Waals surface area (Å²) >= 11 is 0. The van der Waals surface area contributed by atoms with Crippen molar-refractivity contribution in [1.29, 1.82) is 0 Å². The number of ether oxygens (including phenoxy) is 3. The quantitative estimate of drug-likeness (QED) is 0.526. The Morgan fingerprint density at radius 1 is 1.07 bits per heavy atom. The van der Waals surface area contributed by atoms with E-state index in [9.17, 15) is 0 Å². The molecule has 1 N–H and O–H groups in total. The second kappa shape index (κ2) is 10.9. The van der Waals surface area contributed by atoms with Crippen molar-refractivity contribution >= 4 is 5.82 Å². The number of rotatable bonds is 11. The largest absolute Gasteiger partial charge is 0.493 e. The molecule has 0 atom stereocenters. The van der Waals surface area contributed by atoms with Crippen LogP contribution in [0.4, 0.5) is 5.82 Å². The van der Waals surface area contributed by atoms with Gasteiger partial charge in [-0.15, -0.1) is 0 Å². The third-order valence-electron chi connectivity index (χ3n) is 4.60. The summed E-state index contributed by atoms with van der Waals surface area (Å²) in [6, 6.07) is 6.18. The van der Waals surface area contributed by atoms with Crippen LogP contribution in [0.25, 0.3) is 11.3 Å². The number of nitrogens with zero attached hydrogens (tertiary/aromatic N) is 2. The molecule has 1 aromatic heterocycles. The Kier molecular flexibility index (Phi) is 8.55. The minimum Gasteiger partial charge on any atom is -0.493 e. The van der Waals surface area contributed by atoms with E-state index in [1.807, 2.05) is 39.0 Å². The standard InChI is InChI=1S/C23H35N3O3/c1-8-13-28-18-11-12-19(20(14-18)29-15(4)5)21-16(6)24-22(23(26-21)27-7)25-17(9-2)10-3/h11-12,14-15,17H,8-10,13H2,1-7H3,(H,24,25). The molecule has 0 saturated carbocycles. The van der Waals surface area contributed by atoms with Crippen LogP contribution in [0.2, 0.25) is 0 Å². The second-order valence-electron chi connectivity index (χ2n) is 7.35. The zero-order chi connectivity index (χ0) is 21.4. The van der Waals surface area contributed by atoms with Gasteiger partial charge in [0.15, 0.2) is 5.82 Å². The molecular weight excluding hydrogens is 366 g/mol. The number of hydrogen-bond acceptors (Lipinski definition) is 6. The molecule has 2 rings (SSSR count). The Morgan fingerprint density at radius 2 is 1.79 bits per heavy atom. The van der Waals surface area contributed by atoms with E-state index in [1.165, 1.54) is 0 Å². The van der Waals surface area contributed by atoms with Gasteiger partial charge in [0.2, 0.25) is 0 Å². The maximum Gasteiger partial charge on any atom is 0.257 e. The Morgan fingerprint density at radius 3 is 2.38 bits per heavy atom. The summed E-state index contributed by atoms with van der Waals surface area (Å²) in [7, 11) is 1.62. The second-order valence-corrected chi connectivity index (χ2v) is 7.35. The highest BCUT2D eigenvalue weighted by molar-refractivity contribution is 5.72. The molecule has 0 amide bonds. The first-order valence-corrected chi connectivity index (χ1v) is 10.6. The van der Waals surface area contributed by atoms with Gasteiger partial charge in [0.05, 0.1) is 31.2 Å². The van der Waals surface area contributed by atoms with E-state index in [2.05, 4.69) is 26.1 Å².